The van der Waals surface area contributed by atoms with E-state index in [-0.39, 0.29) is 0 Å². The van der Waals surface area contributed by atoms with Crippen LogP contribution in [0, 0.1) is 0 Å². The fourth-order valence-electron chi connectivity index (χ4n) is 2.36. The molecule has 0 aliphatic carbocycles. The minimum Gasteiger partial charge on any atom is -0.347 e. The monoisotopic (exact) mass is 244 g/mol. The average Bonchev–Trinajstić information content (AvgIpc) is 2.81. The lowest BCUT2D eigenvalue weighted by atomic mass is 10.1. The Balaban J connectivity index is 2.19. The van der Waals surface area contributed by atoms with Crippen LogP contribution in [-0.2, 0) is 13.1 Å². The first-order chi connectivity index (χ1) is 8.86. The maximum Gasteiger partial charge on any atom is 0.0483 e. The normalized spacial score (nSPS) is 11.2. The Bertz CT molecular complexity index is 485. The molecule has 1 aromatic carbocycles. The molecule has 2 aromatic rings. The van der Waals surface area contributed by atoms with Crippen molar-refractivity contribution >= 4 is 10.9 Å². The van der Waals surface area contributed by atoms with Gasteiger partial charge in [0, 0.05) is 30.2 Å². The van der Waals surface area contributed by atoms with Gasteiger partial charge in [-0.1, -0.05) is 32.4 Å². The minimum atomic E-state index is 0.975. The third kappa shape index (κ3) is 2.94. The largest absolute Gasteiger partial charge is 0.347 e. The van der Waals surface area contributed by atoms with E-state index in [1.807, 2.05) is 0 Å². The van der Waals surface area contributed by atoms with Gasteiger partial charge in [-0.05, 0) is 37.1 Å². The highest BCUT2D eigenvalue weighted by Gasteiger charge is 2.04. The van der Waals surface area contributed by atoms with E-state index in [4.69, 9.17) is 0 Å². The molecule has 2 heteroatoms. The molecule has 2 nitrogen and oxygen atoms in total. The number of rotatable bonds is 7. The molecule has 0 atom stereocenters. The zero-order chi connectivity index (χ0) is 12.8. The molecule has 98 valence electrons. The third-order valence-corrected chi connectivity index (χ3v) is 3.40. The van der Waals surface area contributed by atoms with Gasteiger partial charge in [0.05, 0.1) is 0 Å². The van der Waals surface area contributed by atoms with Gasteiger partial charge in [0.2, 0.25) is 0 Å². The lowest BCUT2D eigenvalue weighted by Gasteiger charge is -2.07. The van der Waals surface area contributed by atoms with Gasteiger partial charge in [0.25, 0.3) is 0 Å². The van der Waals surface area contributed by atoms with Crippen molar-refractivity contribution in [2.45, 2.75) is 46.2 Å². The van der Waals surface area contributed by atoms with Crippen LogP contribution >= 0.6 is 0 Å². The van der Waals surface area contributed by atoms with Crippen molar-refractivity contribution < 1.29 is 0 Å². The molecular weight excluding hydrogens is 220 g/mol. The van der Waals surface area contributed by atoms with E-state index < -0.39 is 0 Å². The van der Waals surface area contributed by atoms with Crippen molar-refractivity contribution in [3.63, 3.8) is 0 Å². The summed E-state index contributed by atoms with van der Waals surface area (Å²) >= 11 is 0. The molecule has 0 saturated carbocycles. The summed E-state index contributed by atoms with van der Waals surface area (Å²) in [6.45, 7) is 7.64. The van der Waals surface area contributed by atoms with Crippen LogP contribution in [-0.4, -0.2) is 11.1 Å². The first-order valence-electron chi connectivity index (χ1n) is 7.14. The maximum absolute atomic E-state index is 3.49. The average molecular weight is 244 g/mol. The number of nitrogens with zero attached hydrogens (tertiary/aromatic N) is 1. The molecule has 0 bridgehead atoms. The molecule has 0 saturated heterocycles. The Hall–Kier alpha value is -1.28. The van der Waals surface area contributed by atoms with Crippen LogP contribution in [0.2, 0.25) is 0 Å². The summed E-state index contributed by atoms with van der Waals surface area (Å²) in [5.41, 5.74) is 2.79. The van der Waals surface area contributed by atoms with Gasteiger partial charge >= 0.3 is 0 Å². The van der Waals surface area contributed by atoms with Crippen molar-refractivity contribution in [1.29, 1.82) is 0 Å². The summed E-state index contributed by atoms with van der Waals surface area (Å²) < 4.78 is 2.38. The van der Waals surface area contributed by atoms with Gasteiger partial charge in [-0.2, -0.15) is 0 Å². The second kappa shape index (κ2) is 6.60. The molecule has 0 unspecified atom stereocenters. The molecule has 1 heterocycles. The topological polar surface area (TPSA) is 17.0 Å². The number of fused-ring (bicyclic) bond motifs is 1. The fraction of sp³-hybridized carbons (Fsp3) is 0.500. The number of unbranched alkanes of at least 4 members (excludes halogenated alkanes) is 1. The molecule has 18 heavy (non-hydrogen) atoms. The Morgan fingerprint density at radius 2 is 2.00 bits per heavy atom. The van der Waals surface area contributed by atoms with E-state index in [1.165, 1.54) is 35.7 Å². The van der Waals surface area contributed by atoms with Crippen LogP contribution in [0.25, 0.3) is 10.9 Å². The Morgan fingerprint density at radius 3 is 2.78 bits per heavy atom. The van der Waals surface area contributed by atoms with Gasteiger partial charge in [-0.3, -0.25) is 0 Å². The summed E-state index contributed by atoms with van der Waals surface area (Å²) in [6.07, 6.45) is 5.91. The van der Waals surface area contributed by atoms with Gasteiger partial charge in [0.1, 0.15) is 0 Å². The van der Waals surface area contributed by atoms with Crippen LogP contribution in [0.15, 0.2) is 30.5 Å². The van der Waals surface area contributed by atoms with E-state index in [0.29, 0.717) is 0 Å². The predicted molar refractivity (Wildman–Crippen MR) is 78.8 cm³/mol. The van der Waals surface area contributed by atoms with Gasteiger partial charge < -0.3 is 9.88 Å². The number of nitrogens with one attached hydrogen (secondary N) is 1. The van der Waals surface area contributed by atoms with Crippen molar-refractivity contribution in [2.24, 2.45) is 0 Å². The van der Waals surface area contributed by atoms with Gasteiger partial charge in [-0.25, -0.2) is 0 Å². The smallest absolute Gasteiger partial charge is 0.0483 e. The van der Waals surface area contributed by atoms with Crippen molar-refractivity contribution in [1.82, 2.24) is 9.88 Å². The minimum absolute atomic E-state index is 0.975. The predicted octanol–water partition coefficient (Wildman–Crippen LogP) is 3.94. The molecule has 0 radical (unpaired) electrons. The number of aryl methyl sites for hydroxylation is 1. The van der Waals surface area contributed by atoms with Gasteiger partial charge in [0.15, 0.2) is 0 Å². The Labute approximate surface area is 110 Å². The third-order valence-electron chi connectivity index (χ3n) is 3.40. The van der Waals surface area contributed by atoms with Crippen LogP contribution in [0.4, 0.5) is 0 Å². The van der Waals surface area contributed by atoms with Crippen molar-refractivity contribution in [2.75, 3.05) is 6.54 Å². The van der Waals surface area contributed by atoms with Crippen LogP contribution in [0.1, 0.15) is 38.7 Å². The molecule has 0 amide bonds. The lowest BCUT2D eigenvalue weighted by Crippen LogP contribution is -2.13. The summed E-state index contributed by atoms with van der Waals surface area (Å²) in [6, 6.07) is 8.89. The number of hydrogen-bond acceptors (Lipinski definition) is 1. The summed E-state index contributed by atoms with van der Waals surface area (Å²) in [4.78, 5) is 0. The summed E-state index contributed by atoms with van der Waals surface area (Å²) in [7, 11) is 0. The molecule has 1 N–H and O–H groups in total. The highest BCUT2D eigenvalue weighted by molar-refractivity contribution is 5.83. The standard InChI is InChI=1S/C16H24N2/c1-3-5-11-18-12-9-15-14(13-17-10-4-2)7-6-8-16(15)18/h6-9,12,17H,3-5,10-11,13H2,1-2H3. The molecular formula is C16H24N2. The highest BCUT2D eigenvalue weighted by atomic mass is 14.9. The second-order valence-corrected chi connectivity index (χ2v) is 4.89. The molecule has 2 rings (SSSR count). The van der Waals surface area contributed by atoms with E-state index in [0.717, 1.165) is 19.6 Å². The fourth-order valence-corrected chi connectivity index (χ4v) is 2.36. The molecule has 0 spiro atoms. The highest BCUT2D eigenvalue weighted by Crippen LogP contribution is 2.20. The van der Waals surface area contributed by atoms with Crippen LogP contribution < -0.4 is 5.32 Å². The maximum atomic E-state index is 3.49. The van der Waals surface area contributed by atoms with Crippen LogP contribution in [0.3, 0.4) is 0 Å². The zero-order valence-corrected chi connectivity index (χ0v) is 11.6. The first kappa shape index (κ1) is 13.2. The number of hydrogen-bond donors (Lipinski definition) is 1. The SMILES string of the molecule is CCCCn1ccc2c(CNCCC)cccc21. The van der Waals surface area contributed by atoms with E-state index in [9.17, 15) is 0 Å². The summed E-state index contributed by atoms with van der Waals surface area (Å²) in [5, 5.41) is 4.89. The van der Waals surface area contributed by atoms with Crippen molar-refractivity contribution in [3.8, 4) is 0 Å². The van der Waals surface area contributed by atoms with Crippen LogP contribution in [0.5, 0.6) is 0 Å². The van der Waals surface area contributed by atoms with Gasteiger partial charge in [-0.15, -0.1) is 0 Å². The zero-order valence-electron chi connectivity index (χ0n) is 11.6. The molecule has 0 aliphatic rings. The number of benzene rings is 1. The number of aromatic nitrogens is 1. The molecule has 0 fully saturated rings. The Morgan fingerprint density at radius 1 is 1.11 bits per heavy atom. The lowest BCUT2D eigenvalue weighted by molar-refractivity contribution is 0.650. The van der Waals surface area contributed by atoms with E-state index in [1.54, 1.807) is 0 Å². The quantitative estimate of drug-likeness (QED) is 0.730. The summed E-state index contributed by atoms with van der Waals surface area (Å²) in [5.74, 6) is 0. The van der Waals surface area contributed by atoms with E-state index in [2.05, 4.69) is 54.2 Å². The van der Waals surface area contributed by atoms with Crippen molar-refractivity contribution in [3.05, 3.63) is 36.0 Å². The molecule has 0 aliphatic heterocycles. The molecule has 1 aromatic heterocycles. The Kier molecular flexibility index (Phi) is 4.82. The second-order valence-electron chi connectivity index (χ2n) is 4.89. The van der Waals surface area contributed by atoms with E-state index >= 15 is 0 Å². The first-order valence-corrected chi connectivity index (χ1v) is 7.14.